The van der Waals surface area contributed by atoms with E-state index >= 15 is 0 Å². The molecule has 3 nitrogen and oxygen atoms in total. The van der Waals surface area contributed by atoms with Crippen LogP contribution < -0.4 is 5.32 Å². The molecule has 1 heterocycles. The first kappa shape index (κ1) is 12.5. The highest BCUT2D eigenvalue weighted by Crippen LogP contribution is 2.19. The lowest BCUT2D eigenvalue weighted by molar-refractivity contribution is 0.158. The van der Waals surface area contributed by atoms with Gasteiger partial charge < -0.3 is 10.1 Å². The van der Waals surface area contributed by atoms with Crippen LogP contribution in [-0.2, 0) is 4.74 Å². The summed E-state index contributed by atoms with van der Waals surface area (Å²) in [6, 6.07) is 2.02. The fraction of sp³-hybridized carbons (Fsp3) is 0.545. The predicted molar refractivity (Wildman–Crippen MR) is 66.3 cm³/mol. The second kappa shape index (κ2) is 4.94. The summed E-state index contributed by atoms with van der Waals surface area (Å²) in [6.07, 6.45) is 1.81. The Balaban J connectivity index is 2.76. The Morgan fingerprint density at radius 1 is 1.53 bits per heavy atom. The number of ether oxygens (including phenoxy) is 1. The Kier molecular flexibility index (Phi) is 4.11. The van der Waals surface area contributed by atoms with Gasteiger partial charge in [-0.1, -0.05) is 0 Å². The summed E-state index contributed by atoms with van der Waals surface area (Å²) < 4.78 is 6.16. The number of anilines is 1. The molecule has 0 atom stereocenters. The Morgan fingerprint density at radius 2 is 2.20 bits per heavy atom. The largest absolute Gasteiger partial charge is 0.382 e. The summed E-state index contributed by atoms with van der Waals surface area (Å²) in [5, 5.41) is 3.33. The first-order chi connectivity index (χ1) is 6.94. The van der Waals surface area contributed by atoms with Crippen LogP contribution in [0.5, 0.6) is 0 Å². The molecule has 4 heteroatoms. The lowest BCUT2D eigenvalue weighted by atomic mass is 10.1. The molecule has 0 bridgehead atoms. The molecule has 1 rings (SSSR count). The normalized spacial score (nSPS) is 11.5. The maximum atomic E-state index is 5.13. The molecule has 15 heavy (non-hydrogen) atoms. The average molecular weight is 273 g/mol. The summed E-state index contributed by atoms with van der Waals surface area (Å²) in [7, 11) is 1.70. The zero-order valence-corrected chi connectivity index (χ0v) is 11.2. The van der Waals surface area contributed by atoms with Gasteiger partial charge in [0.25, 0.3) is 0 Å². The predicted octanol–water partition coefficient (Wildman–Crippen LogP) is 2.99. The van der Waals surface area contributed by atoms with E-state index in [0.29, 0.717) is 6.61 Å². The van der Waals surface area contributed by atoms with Crippen molar-refractivity contribution in [1.82, 2.24) is 4.98 Å². The van der Waals surface area contributed by atoms with Crippen molar-refractivity contribution in [1.29, 1.82) is 0 Å². The van der Waals surface area contributed by atoms with E-state index in [1.807, 2.05) is 13.0 Å². The molecule has 0 amide bonds. The zero-order chi connectivity index (χ0) is 11.5. The number of aromatic nitrogens is 1. The Labute approximate surface area is 99.4 Å². The fourth-order valence-corrected chi connectivity index (χ4v) is 1.57. The van der Waals surface area contributed by atoms with Gasteiger partial charge in [0, 0.05) is 17.8 Å². The number of halogens is 1. The molecule has 84 valence electrons. The van der Waals surface area contributed by atoms with Crippen molar-refractivity contribution in [2.45, 2.75) is 26.3 Å². The van der Waals surface area contributed by atoms with Crippen LogP contribution in [-0.4, -0.2) is 24.2 Å². The first-order valence-corrected chi connectivity index (χ1v) is 5.63. The standard InChI is InChI=1S/C11H17BrN2O/c1-8-5-10(13-6-9(8)12)14-11(2,3)7-15-4/h5-6H,7H2,1-4H3,(H,13,14). The molecule has 0 aromatic carbocycles. The van der Waals surface area contributed by atoms with E-state index in [-0.39, 0.29) is 5.54 Å². The molecule has 0 radical (unpaired) electrons. The second-order valence-corrected chi connectivity index (χ2v) is 5.11. The van der Waals surface area contributed by atoms with Crippen LogP contribution in [0.1, 0.15) is 19.4 Å². The highest BCUT2D eigenvalue weighted by molar-refractivity contribution is 9.10. The molecule has 0 aliphatic rings. The SMILES string of the molecule is COCC(C)(C)Nc1cc(C)c(Br)cn1. The number of rotatable bonds is 4. The zero-order valence-electron chi connectivity index (χ0n) is 9.60. The number of hydrogen-bond donors (Lipinski definition) is 1. The van der Waals surface area contributed by atoms with Crippen molar-refractivity contribution in [3.63, 3.8) is 0 Å². The van der Waals surface area contributed by atoms with Gasteiger partial charge in [-0.15, -0.1) is 0 Å². The van der Waals surface area contributed by atoms with Gasteiger partial charge in [0.15, 0.2) is 0 Å². The first-order valence-electron chi connectivity index (χ1n) is 4.84. The summed E-state index contributed by atoms with van der Waals surface area (Å²) in [4.78, 5) is 4.29. The van der Waals surface area contributed by atoms with Crippen molar-refractivity contribution in [3.8, 4) is 0 Å². The van der Waals surface area contributed by atoms with E-state index in [9.17, 15) is 0 Å². The number of nitrogens with one attached hydrogen (secondary N) is 1. The molecular formula is C11H17BrN2O. The Hall–Kier alpha value is -0.610. The van der Waals surface area contributed by atoms with Gasteiger partial charge in [-0.3, -0.25) is 0 Å². The summed E-state index contributed by atoms with van der Waals surface area (Å²) in [6.45, 7) is 6.84. The fourth-order valence-electron chi connectivity index (χ4n) is 1.35. The third kappa shape index (κ3) is 3.80. The van der Waals surface area contributed by atoms with Crippen molar-refractivity contribution < 1.29 is 4.74 Å². The van der Waals surface area contributed by atoms with Gasteiger partial charge in [-0.2, -0.15) is 0 Å². The molecule has 0 aliphatic heterocycles. The van der Waals surface area contributed by atoms with Crippen LogP contribution >= 0.6 is 15.9 Å². The summed E-state index contributed by atoms with van der Waals surface area (Å²) in [5.74, 6) is 0.873. The average Bonchev–Trinajstić information content (AvgIpc) is 2.10. The lowest BCUT2D eigenvalue weighted by Gasteiger charge is -2.26. The Morgan fingerprint density at radius 3 is 2.73 bits per heavy atom. The van der Waals surface area contributed by atoms with Gasteiger partial charge in [0.05, 0.1) is 12.1 Å². The van der Waals surface area contributed by atoms with Gasteiger partial charge >= 0.3 is 0 Å². The maximum Gasteiger partial charge on any atom is 0.126 e. The second-order valence-electron chi connectivity index (χ2n) is 4.26. The molecule has 1 aromatic heterocycles. The molecule has 0 aliphatic carbocycles. The van der Waals surface area contributed by atoms with Crippen LogP contribution in [0.3, 0.4) is 0 Å². The number of nitrogens with zero attached hydrogens (tertiary/aromatic N) is 1. The topological polar surface area (TPSA) is 34.1 Å². The van der Waals surface area contributed by atoms with E-state index in [1.54, 1.807) is 13.3 Å². The smallest absolute Gasteiger partial charge is 0.126 e. The molecular weight excluding hydrogens is 256 g/mol. The summed E-state index contributed by atoms with van der Waals surface area (Å²) in [5.41, 5.74) is 1.06. The van der Waals surface area contributed by atoms with Crippen LogP contribution in [0.4, 0.5) is 5.82 Å². The molecule has 1 N–H and O–H groups in total. The third-order valence-electron chi connectivity index (χ3n) is 2.02. The minimum atomic E-state index is -0.109. The maximum absolute atomic E-state index is 5.13. The van der Waals surface area contributed by atoms with Gasteiger partial charge in [-0.25, -0.2) is 4.98 Å². The lowest BCUT2D eigenvalue weighted by Crippen LogP contribution is -2.36. The van der Waals surface area contributed by atoms with Crippen LogP contribution in [0, 0.1) is 6.92 Å². The van der Waals surface area contributed by atoms with E-state index in [2.05, 4.69) is 40.1 Å². The van der Waals surface area contributed by atoms with Crippen molar-refractivity contribution in [3.05, 3.63) is 22.3 Å². The van der Waals surface area contributed by atoms with E-state index < -0.39 is 0 Å². The molecule has 0 saturated heterocycles. The van der Waals surface area contributed by atoms with Crippen LogP contribution in [0.25, 0.3) is 0 Å². The third-order valence-corrected chi connectivity index (χ3v) is 2.85. The number of hydrogen-bond acceptors (Lipinski definition) is 3. The highest BCUT2D eigenvalue weighted by atomic mass is 79.9. The van der Waals surface area contributed by atoms with Crippen LogP contribution in [0.2, 0.25) is 0 Å². The minimum absolute atomic E-state index is 0.109. The number of aryl methyl sites for hydroxylation is 1. The molecule has 0 unspecified atom stereocenters. The molecule has 0 saturated carbocycles. The van der Waals surface area contributed by atoms with E-state index in [4.69, 9.17) is 4.74 Å². The van der Waals surface area contributed by atoms with E-state index in [1.165, 1.54) is 5.56 Å². The number of methoxy groups -OCH3 is 1. The quantitative estimate of drug-likeness (QED) is 0.915. The van der Waals surface area contributed by atoms with Crippen molar-refractivity contribution in [2.24, 2.45) is 0 Å². The van der Waals surface area contributed by atoms with E-state index in [0.717, 1.165) is 10.3 Å². The van der Waals surface area contributed by atoms with Crippen molar-refractivity contribution >= 4 is 21.7 Å². The molecule has 0 fully saturated rings. The van der Waals surface area contributed by atoms with Crippen molar-refractivity contribution in [2.75, 3.05) is 19.0 Å². The number of pyridine rings is 1. The van der Waals surface area contributed by atoms with Gasteiger partial charge in [0.1, 0.15) is 5.82 Å². The minimum Gasteiger partial charge on any atom is -0.382 e. The monoisotopic (exact) mass is 272 g/mol. The Bertz CT molecular complexity index is 339. The van der Waals surface area contributed by atoms with Gasteiger partial charge in [-0.05, 0) is 48.3 Å². The van der Waals surface area contributed by atoms with Crippen LogP contribution in [0.15, 0.2) is 16.7 Å². The van der Waals surface area contributed by atoms with Gasteiger partial charge in [0.2, 0.25) is 0 Å². The summed E-state index contributed by atoms with van der Waals surface area (Å²) >= 11 is 3.42. The molecule has 1 aromatic rings. The highest BCUT2D eigenvalue weighted by Gasteiger charge is 2.17. The molecule has 0 spiro atoms.